The first-order chi connectivity index (χ1) is 7.58. The topological polar surface area (TPSA) is 43.8 Å². The summed E-state index contributed by atoms with van der Waals surface area (Å²) < 4.78 is 15.4. The average Bonchev–Trinajstić information content (AvgIpc) is 2.64. The molecule has 0 aliphatic heterocycles. The van der Waals surface area contributed by atoms with Gasteiger partial charge in [0.05, 0.1) is 6.20 Å². The van der Waals surface area contributed by atoms with Gasteiger partial charge in [0.2, 0.25) is 0 Å². The van der Waals surface area contributed by atoms with E-state index in [9.17, 15) is 4.39 Å². The lowest BCUT2D eigenvalue weighted by atomic mass is 10.0. The first kappa shape index (κ1) is 10.8. The summed E-state index contributed by atoms with van der Waals surface area (Å²) in [6.07, 6.45) is 3.56. The smallest absolute Gasteiger partial charge is 0.128 e. The molecule has 0 saturated carbocycles. The zero-order valence-electron chi connectivity index (χ0n) is 9.31. The van der Waals surface area contributed by atoms with Crippen LogP contribution in [0.25, 0.3) is 11.1 Å². The van der Waals surface area contributed by atoms with Crippen LogP contribution in [0.4, 0.5) is 4.39 Å². The Hall–Kier alpha value is -1.68. The molecule has 1 heterocycles. The first-order valence-corrected chi connectivity index (χ1v) is 5.12. The third kappa shape index (κ3) is 1.97. The SMILES string of the molecule is C[C@H](N)c1ccc(-c2cnn(C)c2)cc1F. The Kier molecular flexibility index (Phi) is 2.75. The van der Waals surface area contributed by atoms with Crippen LogP contribution in [0, 0.1) is 5.82 Å². The Morgan fingerprint density at radius 3 is 2.62 bits per heavy atom. The normalized spacial score (nSPS) is 12.8. The molecule has 0 radical (unpaired) electrons. The van der Waals surface area contributed by atoms with Crippen LogP contribution < -0.4 is 5.73 Å². The molecular weight excluding hydrogens is 205 g/mol. The molecule has 0 saturated heterocycles. The predicted molar refractivity (Wildman–Crippen MR) is 61.2 cm³/mol. The van der Waals surface area contributed by atoms with Gasteiger partial charge < -0.3 is 5.73 Å². The minimum absolute atomic E-state index is 0.267. The second-order valence-corrected chi connectivity index (χ2v) is 3.93. The maximum Gasteiger partial charge on any atom is 0.128 e. The minimum Gasteiger partial charge on any atom is -0.324 e. The number of aryl methyl sites for hydroxylation is 1. The molecule has 4 heteroatoms. The van der Waals surface area contributed by atoms with E-state index < -0.39 is 0 Å². The molecule has 16 heavy (non-hydrogen) atoms. The van der Waals surface area contributed by atoms with E-state index in [1.807, 2.05) is 19.3 Å². The van der Waals surface area contributed by atoms with E-state index in [2.05, 4.69) is 5.10 Å². The molecule has 0 bridgehead atoms. The first-order valence-electron chi connectivity index (χ1n) is 5.12. The standard InChI is InChI=1S/C12H14FN3/c1-8(14)11-4-3-9(5-12(11)13)10-6-15-16(2)7-10/h3-8H,14H2,1-2H3/t8-/m0/s1. The number of nitrogens with zero attached hydrogens (tertiary/aromatic N) is 2. The predicted octanol–water partition coefficient (Wildman–Crippen LogP) is 2.25. The van der Waals surface area contributed by atoms with Gasteiger partial charge in [0.1, 0.15) is 5.82 Å². The summed E-state index contributed by atoms with van der Waals surface area (Å²) in [7, 11) is 1.83. The van der Waals surface area contributed by atoms with Crippen LogP contribution in [-0.2, 0) is 7.05 Å². The molecule has 0 aliphatic rings. The molecule has 84 valence electrons. The van der Waals surface area contributed by atoms with Crippen molar-refractivity contribution >= 4 is 0 Å². The lowest BCUT2D eigenvalue weighted by molar-refractivity contribution is 0.594. The summed E-state index contributed by atoms with van der Waals surface area (Å²) in [4.78, 5) is 0. The minimum atomic E-state index is -0.289. The van der Waals surface area contributed by atoms with Crippen LogP contribution in [0.1, 0.15) is 18.5 Å². The number of benzene rings is 1. The van der Waals surface area contributed by atoms with Crippen LogP contribution in [0.15, 0.2) is 30.6 Å². The van der Waals surface area contributed by atoms with Crippen LogP contribution in [-0.4, -0.2) is 9.78 Å². The van der Waals surface area contributed by atoms with Gasteiger partial charge in [0.15, 0.2) is 0 Å². The van der Waals surface area contributed by atoms with E-state index in [0.29, 0.717) is 5.56 Å². The highest BCUT2D eigenvalue weighted by molar-refractivity contribution is 5.62. The maximum atomic E-state index is 13.7. The monoisotopic (exact) mass is 219 g/mol. The van der Waals surface area contributed by atoms with Gasteiger partial charge in [-0.15, -0.1) is 0 Å². The van der Waals surface area contributed by atoms with E-state index in [-0.39, 0.29) is 11.9 Å². The lowest BCUT2D eigenvalue weighted by Crippen LogP contribution is -2.07. The van der Waals surface area contributed by atoms with Crippen molar-refractivity contribution in [3.8, 4) is 11.1 Å². The second kappa shape index (κ2) is 4.06. The van der Waals surface area contributed by atoms with Gasteiger partial charge >= 0.3 is 0 Å². The lowest BCUT2D eigenvalue weighted by Gasteiger charge is -2.08. The summed E-state index contributed by atoms with van der Waals surface area (Å²) in [5, 5.41) is 4.05. The molecule has 0 unspecified atom stereocenters. The Bertz CT molecular complexity index is 503. The third-order valence-electron chi connectivity index (χ3n) is 2.53. The van der Waals surface area contributed by atoms with E-state index in [0.717, 1.165) is 11.1 Å². The summed E-state index contributed by atoms with van der Waals surface area (Å²) >= 11 is 0. The van der Waals surface area contributed by atoms with E-state index in [1.54, 1.807) is 23.9 Å². The van der Waals surface area contributed by atoms with Crippen molar-refractivity contribution in [2.75, 3.05) is 0 Å². The second-order valence-electron chi connectivity index (χ2n) is 3.93. The van der Waals surface area contributed by atoms with Gasteiger partial charge in [-0.25, -0.2) is 4.39 Å². The highest BCUT2D eigenvalue weighted by Crippen LogP contribution is 2.23. The van der Waals surface area contributed by atoms with Gasteiger partial charge in [-0.2, -0.15) is 5.10 Å². The van der Waals surface area contributed by atoms with E-state index in [1.165, 1.54) is 6.07 Å². The Morgan fingerprint density at radius 2 is 2.12 bits per heavy atom. The van der Waals surface area contributed by atoms with Crippen molar-refractivity contribution in [1.82, 2.24) is 9.78 Å². The molecule has 1 aromatic carbocycles. The highest BCUT2D eigenvalue weighted by atomic mass is 19.1. The Morgan fingerprint density at radius 1 is 1.38 bits per heavy atom. The number of halogens is 1. The van der Waals surface area contributed by atoms with Gasteiger partial charge in [0.25, 0.3) is 0 Å². The van der Waals surface area contributed by atoms with Crippen LogP contribution >= 0.6 is 0 Å². The molecular formula is C12H14FN3. The maximum absolute atomic E-state index is 13.7. The highest BCUT2D eigenvalue weighted by Gasteiger charge is 2.09. The molecule has 3 nitrogen and oxygen atoms in total. The fraction of sp³-hybridized carbons (Fsp3) is 0.250. The molecule has 1 aromatic heterocycles. The van der Waals surface area contributed by atoms with Gasteiger partial charge in [-0.05, 0) is 18.6 Å². The number of hydrogen-bond donors (Lipinski definition) is 1. The summed E-state index contributed by atoms with van der Waals surface area (Å²) in [6, 6.07) is 4.79. The fourth-order valence-corrected chi connectivity index (χ4v) is 1.65. The van der Waals surface area contributed by atoms with Crippen molar-refractivity contribution in [3.05, 3.63) is 42.0 Å². The third-order valence-corrected chi connectivity index (χ3v) is 2.53. The van der Waals surface area contributed by atoms with Crippen LogP contribution in [0.2, 0.25) is 0 Å². The van der Waals surface area contributed by atoms with Crippen LogP contribution in [0.5, 0.6) is 0 Å². The van der Waals surface area contributed by atoms with Crippen molar-refractivity contribution in [2.24, 2.45) is 12.8 Å². The summed E-state index contributed by atoms with van der Waals surface area (Å²) in [5.41, 5.74) is 7.90. The number of hydrogen-bond acceptors (Lipinski definition) is 2. The molecule has 0 spiro atoms. The van der Waals surface area contributed by atoms with Crippen LogP contribution in [0.3, 0.4) is 0 Å². The van der Waals surface area contributed by atoms with Gasteiger partial charge in [-0.3, -0.25) is 4.68 Å². The Balaban J connectivity index is 2.42. The molecule has 2 aromatic rings. The largest absolute Gasteiger partial charge is 0.324 e. The molecule has 2 N–H and O–H groups in total. The quantitative estimate of drug-likeness (QED) is 0.841. The van der Waals surface area contributed by atoms with Gasteiger partial charge in [-0.1, -0.05) is 12.1 Å². The number of rotatable bonds is 2. The Labute approximate surface area is 93.7 Å². The molecule has 2 rings (SSSR count). The van der Waals surface area contributed by atoms with Crippen molar-refractivity contribution in [3.63, 3.8) is 0 Å². The van der Waals surface area contributed by atoms with Gasteiger partial charge in [0, 0.05) is 30.4 Å². The zero-order valence-corrected chi connectivity index (χ0v) is 9.31. The van der Waals surface area contributed by atoms with Crippen molar-refractivity contribution in [1.29, 1.82) is 0 Å². The molecule has 0 amide bonds. The number of aromatic nitrogens is 2. The molecule has 0 aliphatic carbocycles. The molecule has 1 atom stereocenters. The average molecular weight is 219 g/mol. The summed E-state index contributed by atoms with van der Waals surface area (Å²) in [5.74, 6) is -0.267. The zero-order chi connectivity index (χ0) is 11.7. The number of nitrogens with two attached hydrogens (primary N) is 1. The van der Waals surface area contributed by atoms with Crippen molar-refractivity contribution < 1.29 is 4.39 Å². The fourth-order valence-electron chi connectivity index (χ4n) is 1.65. The van der Waals surface area contributed by atoms with Crippen molar-refractivity contribution in [2.45, 2.75) is 13.0 Å². The van der Waals surface area contributed by atoms with E-state index in [4.69, 9.17) is 5.73 Å². The molecule has 0 fully saturated rings. The summed E-state index contributed by atoms with van der Waals surface area (Å²) in [6.45, 7) is 1.77. The van der Waals surface area contributed by atoms with E-state index >= 15 is 0 Å².